The Hall–Kier alpha value is -8.86. The van der Waals surface area contributed by atoms with E-state index in [4.69, 9.17) is 9.15 Å². The largest absolute Gasteiger partial charge is 0.483 e. The third-order valence-electron chi connectivity index (χ3n) is 14.6. The first kappa shape index (κ1) is 40.2. The normalized spacial score (nSPS) is 15.1. The number of nitrogens with zero attached hydrogens (tertiary/aromatic N) is 2. The van der Waals surface area contributed by atoms with E-state index in [9.17, 15) is 0 Å². The molecule has 70 heavy (non-hydrogen) atoms. The number of rotatable bonds is 8. The molecule has 4 heteroatoms. The van der Waals surface area contributed by atoms with Gasteiger partial charge in [-0.25, -0.2) is 0 Å². The average molecular weight is 899 g/mol. The summed E-state index contributed by atoms with van der Waals surface area (Å²) in [5, 5.41) is 9.36. The molecule has 1 aromatic heterocycles. The molecule has 0 saturated heterocycles. The van der Waals surface area contributed by atoms with Crippen molar-refractivity contribution in [1.82, 2.24) is 0 Å². The second-order valence-electron chi connectivity index (χ2n) is 18.9. The molecule has 1 aliphatic heterocycles. The lowest BCUT2D eigenvalue weighted by atomic mass is 9.84. The molecular formula is C66H46N2O2. The second kappa shape index (κ2) is 15.9. The van der Waals surface area contributed by atoms with Crippen molar-refractivity contribution >= 4 is 88.3 Å². The van der Waals surface area contributed by atoms with E-state index in [1.807, 2.05) is 6.07 Å². The summed E-state index contributed by atoms with van der Waals surface area (Å²) >= 11 is 0. The lowest BCUT2D eigenvalue weighted by Gasteiger charge is -2.38. The number of furan rings is 1. The summed E-state index contributed by atoms with van der Waals surface area (Å²) in [5.41, 5.74) is 16.5. The van der Waals surface area contributed by atoms with Crippen molar-refractivity contribution in [2.24, 2.45) is 0 Å². The van der Waals surface area contributed by atoms with E-state index in [1.54, 1.807) is 0 Å². The SMILES string of the molecule is Cc1cccc(-c2cc(N(c3ccccc3)c3cccc4c3oc3ccccc34)c3ccc4c(-c5cccc(C)c5)cc(N(c5ccccc5)C5C=CC=C6c7ccccc7OC65)c5ccc2c3c45)c1. The zero-order chi connectivity index (χ0) is 46.5. The van der Waals surface area contributed by atoms with E-state index in [1.165, 1.54) is 65.9 Å². The van der Waals surface area contributed by atoms with Gasteiger partial charge in [-0.05, 0) is 101 Å². The average Bonchev–Trinajstić information content (AvgIpc) is 3.99. The Morgan fingerprint density at radius 1 is 0.429 bits per heavy atom. The highest BCUT2D eigenvalue weighted by Crippen LogP contribution is 2.53. The number of aryl methyl sites for hydroxylation is 2. The molecule has 2 aliphatic rings. The van der Waals surface area contributed by atoms with Gasteiger partial charge in [0.05, 0.1) is 23.1 Å². The highest BCUT2D eigenvalue weighted by molar-refractivity contribution is 6.32. The molecule has 11 aromatic carbocycles. The topological polar surface area (TPSA) is 28.9 Å². The Kier molecular flexibility index (Phi) is 9.12. The fourth-order valence-corrected chi connectivity index (χ4v) is 11.6. The molecule has 2 atom stereocenters. The number of fused-ring (bicyclic) bond motifs is 6. The van der Waals surface area contributed by atoms with Gasteiger partial charge in [-0.1, -0.05) is 187 Å². The molecule has 2 heterocycles. The monoisotopic (exact) mass is 898 g/mol. The predicted molar refractivity (Wildman–Crippen MR) is 293 cm³/mol. The summed E-state index contributed by atoms with van der Waals surface area (Å²) in [4.78, 5) is 4.95. The Balaban J connectivity index is 1.12. The van der Waals surface area contributed by atoms with E-state index in [2.05, 4.69) is 248 Å². The lowest BCUT2D eigenvalue weighted by Crippen LogP contribution is -2.42. The molecule has 14 rings (SSSR count). The highest BCUT2D eigenvalue weighted by atomic mass is 16.5. The summed E-state index contributed by atoms with van der Waals surface area (Å²) in [6.07, 6.45) is 6.55. The predicted octanol–water partition coefficient (Wildman–Crippen LogP) is 17.8. The first-order valence-corrected chi connectivity index (χ1v) is 24.2. The minimum absolute atomic E-state index is 0.157. The van der Waals surface area contributed by atoms with Crippen molar-refractivity contribution in [1.29, 1.82) is 0 Å². The maximum absolute atomic E-state index is 6.98. The fourth-order valence-electron chi connectivity index (χ4n) is 11.6. The van der Waals surface area contributed by atoms with E-state index in [-0.39, 0.29) is 12.1 Å². The van der Waals surface area contributed by atoms with Crippen LogP contribution in [0.25, 0.3) is 82.1 Å². The van der Waals surface area contributed by atoms with Crippen LogP contribution in [0.15, 0.2) is 235 Å². The van der Waals surface area contributed by atoms with Crippen LogP contribution in [0.4, 0.5) is 28.4 Å². The van der Waals surface area contributed by atoms with Crippen molar-refractivity contribution in [2.45, 2.75) is 26.0 Å². The molecule has 0 bridgehead atoms. The number of hydrogen-bond acceptors (Lipinski definition) is 4. The van der Waals surface area contributed by atoms with Gasteiger partial charge in [-0.15, -0.1) is 0 Å². The van der Waals surface area contributed by atoms with Crippen LogP contribution in [0.5, 0.6) is 5.75 Å². The Labute approximate surface area is 406 Å². The molecule has 332 valence electrons. The zero-order valence-electron chi connectivity index (χ0n) is 38.8. The third-order valence-corrected chi connectivity index (χ3v) is 14.6. The molecule has 0 radical (unpaired) electrons. The quantitative estimate of drug-likeness (QED) is 0.142. The standard InChI is InChI=1S/C66H46N2O2/c1-41-17-13-19-43(37-41)55-39-59(67(45-21-5-3-6-22-45)57-29-15-27-51-47-25-9-11-31-61(47)69-65(51)57)53-36-34-50-56(44-20-14-18-42(2)38-44)40-60(54-35-33-49(55)63(53)64(50)54)68(46-23-7-4-8-24-46)58-30-16-28-52-48-26-10-12-32-62(48)70-66(52)58/h3-40,57,65H,1-2H3. The smallest absolute Gasteiger partial charge is 0.159 e. The van der Waals surface area contributed by atoms with Crippen molar-refractivity contribution in [2.75, 3.05) is 9.80 Å². The summed E-state index contributed by atoms with van der Waals surface area (Å²) in [7, 11) is 0. The Morgan fingerprint density at radius 3 is 1.73 bits per heavy atom. The number of benzene rings is 11. The van der Waals surface area contributed by atoms with Crippen LogP contribution < -0.4 is 14.5 Å². The molecular weight excluding hydrogens is 853 g/mol. The molecule has 12 aromatic rings. The highest BCUT2D eigenvalue weighted by Gasteiger charge is 2.40. The number of anilines is 5. The first-order chi connectivity index (χ1) is 34.6. The summed E-state index contributed by atoms with van der Waals surface area (Å²) in [6.45, 7) is 4.37. The van der Waals surface area contributed by atoms with E-state index >= 15 is 0 Å². The number of allylic oxidation sites excluding steroid dienone is 2. The van der Waals surface area contributed by atoms with Gasteiger partial charge in [0.1, 0.15) is 17.4 Å². The molecule has 1 aliphatic carbocycles. The van der Waals surface area contributed by atoms with E-state index in [0.717, 1.165) is 67.1 Å². The van der Waals surface area contributed by atoms with Gasteiger partial charge >= 0.3 is 0 Å². The number of hydrogen-bond donors (Lipinski definition) is 0. The van der Waals surface area contributed by atoms with E-state index in [0.29, 0.717) is 0 Å². The minimum atomic E-state index is -0.219. The van der Waals surface area contributed by atoms with Crippen LogP contribution in [-0.4, -0.2) is 12.1 Å². The maximum atomic E-state index is 6.98. The maximum Gasteiger partial charge on any atom is 0.159 e. The number of para-hydroxylation sites is 5. The van der Waals surface area contributed by atoms with Gasteiger partial charge in [-0.3, -0.25) is 0 Å². The van der Waals surface area contributed by atoms with Gasteiger partial charge in [-0.2, -0.15) is 0 Å². The molecule has 0 N–H and O–H groups in total. The van der Waals surface area contributed by atoms with Crippen LogP contribution in [0.1, 0.15) is 16.7 Å². The lowest BCUT2D eigenvalue weighted by molar-refractivity contribution is 0.258. The zero-order valence-corrected chi connectivity index (χ0v) is 38.8. The molecule has 0 spiro atoms. The fraction of sp³-hybridized carbons (Fsp3) is 0.0606. The van der Waals surface area contributed by atoms with Crippen LogP contribution in [0.2, 0.25) is 0 Å². The van der Waals surface area contributed by atoms with Crippen LogP contribution >= 0.6 is 0 Å². The molecule has 2 unspecified atom stereocenters. The molecule has 0 saturated carbocycles. The van der Waals surface area contributed by atoms with Crippen molar-refractivity contribution < 1.29 is 9.15 Å². The van der Waals surface area contributed by atoms with Crippen LogP contribution in [0, 0.1) is 13.8 Å². The molecule has 0 amide bonds. The second-order valence-corrected chi connectivity index (χ2v) is 18.9. The Morgan fingerprint density at radius 2 is 1.01 bits per heavy atom. The Bertz CT molecular complexity index is 4090. The van der Waals surface area contributed by atoms with Crippen LogP contribution in [-0.2, 0) is 0 Å². The summed E-state index contributed by atoms with van der Waals surface area (Å²) < 4.78 is 13.8. The van der Waals surface area contributed by atoms with Crippen molar-refractivity contribution in [3.63, 3.8) is 0 Å². The third kappa shape index (κ3) is 6.23. The van der Waals surface area contributed by atoms with Crippen molar-refractivity contribution in [3.8, 4) is 28.0 Å². The molecule has 4 nitrogen and oxygen atoms in total. The summed E-state index contributed by atoms with van der Waals surface area (Å²) in [6, 6.07) is 77.1. The van der Waals surface area contributed by atoms with Gasteiger partial charge in [0.2, 0.25) is 0 Å². The summed E-state index contributed by atoms with van der Waals surface area (Å²) in [5.74, 6) is 0.925. The van der Waals surface area contributed by atoms with E-state index < -0.39 is 0 Å². The van der Waals surface area contributed by atoms with Crippen molar-refractivity contribution in [3.05, 3.63) is 247 Å². The molecule has 0 fully saturated rings. The van der Waals surface area contributed by atoms with Gasteiger partial charge < -0.3 is 19.0 Å². The van der Waals surface area contributed by atoms with Gasteiger partial charge in [0, 0.05) is 54.8 Å². The van der Waals surface area contributed by atoms with Crippen LogP contribution in [0.3, 0.4) is 0 Å². The first-order valence-electron chi connectivity index (χ1n) is 24.2. The minimum Gasteiger partial charge on any atom is -0.483 e. The van der Waals surface area contributed by atoms with Gasteiger partial charge in [0.15, 0.2) is 5.58 Å². The van der Waals surface area contributed by atoms with Gasteiger partial charge in [0.25, 0.3) is 0 Å². The number of ether oxygens (including phenoxy) is 1.